The fraction of sp³-hybridized carbons (Fsp3) is 1.00. The van der Waals surface area contributed by atoms with Gasteiger partial charge in [-0.25, -0.2) is 0 Å². The molecule has 15 heavy (non-hydrogen) atoms. The SMILES string of the molecule is CCCCCC(C)NC1CC(O)C1(C)C. The average molecular weight is 213 g/mol. The molecule has 0 bridgehead atoms. The third-order valence-corrected chi connectivity index (χ3v) is 3.94. The van der Waals surface area contributed by atoms with Crippen molar-refractivity contribution in [1.29, 1.82) is 0 Å². The number of hydrogen-bond acceptors (Lipinski definition) is 2. The molecular formula is C13H27NO. The molecule has 0 saturated heterocycles. The monoisotopic (exact) mass is 213 g/mol. The summed E-state index contributed by atoms with van der Waals surface area (Å²) < 4.78 is 0. The van der Waals surface area contributed by atoms with Crippen molar-refractivity contribution in [3.05, 3.63) is 0 Å². The van der Waals surface area contributed by atoms with Crippen LogP contribution in [0.25, 0.3) is 0 Å². The normalized spacial score (nSPS) is 31.0. The first-order chi connectivity index (χ1) is 6.98. The summed E-state index contributed by atoms with van der Waals surface area (Å²) in [5.74, 6) is 0. The molecule has 0 spiro atoms. The van der Waals surface area contributed by atoms with Gasteiger partial charge in [-0.1, -0.05) is 40.0 Å². The van der Waals surface area contributed by atoms with Crippen LogP contribution in [0, 0.1) is 5.41 Å². The van der Waals surface area contributed by atoms with Crippen LogP contribution in [-0.4, -0.2) is 23.3 Å². The van der Waals surface area contributed by atoms with Gasteiger partial charge in [-0.3, -0.25) is 0 Å². The van der Waals surface area contributed by atoms with Crippen LogP contribution in [0.1, 0.15) is 59.8 Å². The Bertz CT molecular complexity index is 191. The highest BCUT2D eigenvalue weighted by Crippen LogP contribution is 2.40. The van der Waals surface area contributed by atoms with Gasteiger partial charge in [0.05, 0.1) is 6.10 Å². The Balaban J connectivity index is 2.19. The lowest BCUT2D eigenvalue weighted by Crippen LogP contribution is -2.61. The molecule has 1 fully saturated rings. The lowest BCUT2D eigenvalue weighted by molar-refractivity contribution is -0.0755. The molecule has 3 atom stereocenters. The topological polar surface area (TPSA) is 32.3 Å². The summed E-state index contributed by atoms with van der Waals surface area (Å²) in [6.45, 7) is 8.80. The van der Waals surface area contributed by atoms with Gasteiger partial charge in [0, 0.05) is 17.5 Å². The molecule has 2 nitrogen and oxygen atoms in total. The molecule has 2 heteroatoms. The summed E-state index contributed by atoms with van der Waals surface area (Å²) in [6.07, 6.45) is 6.02. The van der Waals surface area contributed by atoms with Gasteiger partial charge in [0.25, 0.3) is 0 Å². The van der Waals surface area contributed by atoms with E-state index in [0.717, 1.165) is 6.42 Å². The third kappa shape index (κ3) is 3.18. The zero-order chi connectivity index (χ0) is 11.5. The highest BCUT2D eigenvalue weighted by Gasteiger charge is 2.47. The third-order valence-electron chi connectivity index (χ3n) is 3.94. The smallest absolute Gasteiger partial charge is 0.0621 e. The fourth-order valence-electron chi connectivity index (χ4n) is 2.31. The largest absolute Gasteiger partial charge is 0.392 e. The number of unbranched alkanes of at least 4 members (excludes halogenated alkanes) is 2. The Morgan fingerprint density at radius 3 is 2.53 bits per heavy atom. The molecular weight excluding hydrogens is 186 g/mol. The molecule has 1 saturated carbocycles. The maximum atomic E-state index is 9.63. The summed E-state index contributed by atoms with van der Waals surface area (Å²) in [5.41, 5.74) is 0.0685. The van der Waals surface area contributed by atoms with Crippen molar-refractivity contribution < 1.29 is 5.11 Å². The number of rotatable bonds is 6. The molecule has 3 unspecified atom stereocenters. The summed E-state index contributed by atoms with van der Waals surface area (Å²) >= 11 is 0. The van der Waals surface area contributed by atoms with Gasteiger partial charge in [0.15, 0.2) is 0 Å². The number of aliphatic hydroxyl groups excluding tert-OH is 1. The fourth-order valence-corrected chi connectivity index (χ4v) is 2.31. The standard InChI is InChI=1S/C13H27NO/c1-5-6-7-8-10(2)14-11-9-12(15)13(11,3)4/h10-12,14-15H,5-9H2,1-4H3. The van der Waals surface area contributed by atoms with Crippen LogP contribution in [0.3, 0.4) is 0 Å². The van der Waals surface area contributed by atoms with E-state index in [1.807, 2.05) is 0 Å². The molecule has 0 heterocycles. The van der Waals surface area contributed by atoms with E-state index in [1.165, 1.54) is 25.7 Å². The quantitative estimate of drug-likeness (QED) is 0.665. The number of nitrogens with one attached hydrogen (secondary N) is 1. The Morgan fingerprint density at radius 1 is 1.40 bits per heavy atom. The van der Waals surface area contributed by atoms with E-state index in [1.54, 1.807) is 0 Å². The first kappa shape index (κ1) is 13.0. The van der Waals surface area contributed by atoms with Crippen molar-refractivity contribution in [2.45, 2.75) is 78.0 Å². The van der Waals surface area contributed by atoms with Crippen molar-refractivity contribution in [3.63, 3.8) is 0 Å². The highest BCUT2D eigenvalue weighted by atomic mass is 16.3. The second-order valence-electron chi connectivity index (χ2n) is 5.69. The minimum atomic E-state index is -0.113. The molecule has 1 aliphatic carbocycles. The zero-order valence-corrected chi connectivity index (χ0v) is 10.7. The summed E-state index contributed by atoms with van der Waals surface area (Å²) in [6, 6.07) is 1.09. The van der Waals surface area contributed by atoms with E-state index in [2.05, 4.69) is 33.0 Å². The van der Waals surface area contributed by atoms with E-state index in [0.29, 0.717) is 12.1 Å². The van der Waals surface area contributed by atoms with Gasteiger partial charge >= 0.3 is 0 Å². The molecule has 0 radical (unpaired) electrons. The van der Waals surface area contributed by atoms with Crippen molar-refractivity contribution >= 4 is 0 Å². The molecule has 1 aliphatic rings. The summed E-state index contributed by atoms with van der Waals surface area (Å²) in [7, 11) is 0. The highest BCUT2D eigenvalue weighted by molar-refractivity contribution is 5.02. The molecule has 0 aromatic rings. The molecule has 0 amide bonds. The van der Waals surface area contributed by atoms with E-state index in [9.17, 15) is 5.11 Å². The molecule has 0 aromatic carbocycles. The van der Waals surface area contributed by atoms with E-state index in [4.69, 9.17) is 0 Å². The predicted octanol–water partition coefficient (Wildman–Crippen LogP) is 2.70. The van der Waals surface area contributed by atoms with Crippen molar-refractivity contribution in [2.75, 3.05) is 0 Å². The van der Waals surface area contributed by atoms with E-state index < -0.39 is 0 Å². The zero-order valence-electron chi connectivity index (χ0n) is 10.7. The molecule has 90 valence electrons. The van der Waals surface area contributed by atoms with Gasteiger partial charge in [0.2, 0.25) is 0 Å². The molecule has 1 rings (SSSR count). The average Bonchev–Trinajstić information content (AvgIpc) is 2.18. The van der Waals surface area contributed by atoms with E-state index >= 15 is 0 Å². The Hall–Kier alpha value is -0.0800. The molecule has 0 aliphatic heterocycles. The van der Waals surface area contributed by atoms with Crippen molar-refractivity contribution in [2.24, 2.45) is 5.41 Å². The molecule has 2 N–H and O–H groups in total. The minimum absolute atomic E-state index is 0.0685. The van der Waals surface area contributed by atoms with Crippen molar-refractivity contribution in [3.8, 4) is 0 Å². The van der Waals surface area contributed by atoms with Gasteiger partial charge < -0.3 is 10.4 Å². The maximum Gasteiger partial charge on any atom is 0.0621 e. The van der Waals surface area contributed by atoms with Crippen LogP contribution < -0.4 is 5.32 Å². The number of hydrogen-bond donors (Lipinski definition) is 2. The summed E-state index contributed by atoms with van der Waals surface area (Å²) in [4.78, 5) is 0. The summed E-state index contributed by atoms with van der Waals surface area (Å²) in [5, 5.41) is 13.3. The molecule has 0 aromatic heterocycles. The van der Waals surface area contributed by atoms with Crippen LogP contribution in [0.2, 0.25) is 0 Å². The van der Waals surface area contributed by atoms with Crippen LogP contribution in [0.15, 0.2) is 0 Å². The maximum absolute atomic E-state index is 9.63. The Morgan fingerprint density at radius 2 is 2.07 bits per heavy atom. The van der Waals surface area contributed by atoms with Crippen molar-refractivity contribution in [1.82, 2.24) is 5.32 Å². The second kappa shape index (κ2) is 5.31. The first-order valence-electron chi connectivity index (χ1n) is 6.42. The van der Waals surface area contributed by atoms with Gasteiger partial charge in [0.1, 0.15) is 0 Å². The van der Waals surface area contributed by atoms with Crippen LogP contribution in [0.5, 0.6) is 0 Å². The minimum Gasteiger partial charge on any atom is -0.392 e. The van der Waals surface area contributed by atoms with Crippen LogP contribution in [0.4, 0.5) is 0 Å². The first-order valence-corrected chi connectivity index (χ1v) is 6.42. The van der Waals surface area contributed by atoms with Crippen LogP contribution in [-0.2, 0) is 0 Å². The van der Waals surface area contributed by atoms with Gasteiger partial charge in [-0.15, -0.1) is 0 Å². The van der Waals surface area contributed by atoms with Crippen LogP contribution >= 0.6 is 0 Å². The second-order valence-corrected chi connectivity index (χ2v) is 5.69. The van der Waals surface area contributed by atoms with Gasteiger partial charge in [-0.2, -0.15) is 0 Å². The Kier molecular flexibility index (Phi) is 4.60. The van der Waals surface area contributed by atoms with Gasteiger partial charge in [-0.05, 0) is 19.8 Å². The van der Waals surface area contributed by atoms with E-state index in [-0.39, 0.29) is 11.5 Å². The lowest BCUT2D eigenvalue weighted by Gasteiger charge is -2.50. The predicted molar refractivity (Wildman–Crippen MR) is 64.9 cm³/mol. The Labute approximate surface area is 94.5 Å². The number of aliphatic hydroxyl groups is 1. The lowest BCUT2D eigenvalue weighted by atomic mass is 9.64.